The van der Waals surface area contributed by atoms with Crippen LogP contribution in [-0.2, 0) is 16.0 Å². The fraction of sp³-hybridized carbons (Fsp3) is 0.273. The first-order chi connectivity index (χ1) is 7.95. The average Bonchev–Trinajstić information content (AvgIpc) is 2.26. The van der Waals surface area contributed by atoms with Crippen LogP contribution in [0.1, 0.15) is 5.56 Å². The molecule has 0 aromatic heterocycles. The zero-order valence-corrected chi connectivity index (χ0v) is 9.08. The van der Waals surface area contributed by atoms with E-state index in [4.69, 9.17) is 14.9 Å². The van der Waals surface area contributed by atoms with Crippen LogP contribution < -0.4 is 4.74 Å². The molecule has 0 saturated heterocycles. The fourth-order valence-corrected chi connectivity index (χ4v) is 1.36. The summed E-state index contributed by atoms with van der Waals surface area (Å²) in [7, 11) is 1.35. The molecule has 0 amide bonds. The number of aliphatic carboxylic acids is 2. The molecule has 6 nitrogen and oxygen atoms in total. The Morgan fingerprint density at radius 3 is 2.35 bits per heavy atom. The summed E-state index contributed by atoms with van der Waals surface area (Å²) in [6.45, 7) is 0. The lowest BCUT2D eigenvalue weighted by Crippen LogP contribution is -2.25. The zero-order valence-electron chi connectivity index (χ0n) is 9.08. The van der Waals surface area contributed by atoms with Crippen LogP contribution in [0, 0.1) is 5.92 Å². The summed E-state index contributed by atoms with van der Waals surface area (Å²) in [5.74, 6) is -4.21. The Hall–Kier alpha value is -2.24. The van der Waals surface area contributed by atoms with Crippen LogP contribution in [0.15, 0.2) is 18.2 Å². The van der Waals surface area contributed by atoms with Crippen molar-refractivity contribution in [3.05, 3.63) is 23.8 Å². The number of phenolic OH excluding ortho intramolecular Hbond substituents is 1. The minimum Gasteiger partial charge on any atom is -0.504 e. The molecule has 1 aromatic rings. The van der Waals surface area contributed by atoms with Crippen molar-refractivity contribution in [3.8, 4) is 11.5 Å². The van der Waals surface area contributed by atoms with Gasteiger partial charge in [-0.2, -0.15) is 0 Å². The second-order valence-corrected chi connectivity index (χ2v) is 3.44. The molecule has 0 spiro atoms. The second-order valence-electron chi connectivity index (χ2n) is 3.44. The third kappa shape index (κ3) is 3.10. The molecule has 17 heavy (non-hydrogen) atoms. The number of hydrogen-bond acceptors (Lipinski definition) is 4. The van der Waals surface area contributed by atoms with Gasteiger partial charge in [0.25, 0.3) is 0 Å². The van der Waals surface area contributed by atoms with Gasteiger partial charge in [-0.25, -0.2) is 0 Å². The van der Waals surface area contributed by atoms with E-state index in [0.717, 1.165) is 0 Å². The summed E-state index contributed by atoms with van der Waals surface area (Å²) >= 11 is 0. The minimum absolute atomic E-state index is 0.0848. The van der Waals surface area contributed by atoms with Gasteiger partial charge in [-0.05, 0) is 24.1 Å². The van der Waals surface area contributed by atoms with Gasteiger partial charge in [-0.1, -0.05) is 6.07 Å². The highest BCUT2D eigenvalue weighted by Crippen LogP contribution is 2.27. The monoisotopic (exact) mass is 240 g/mol. The lowest BCUT2D eigenvalue weighted by Gasteiger charge is -2.09. The van der Waals surface area contributed by atoms with Crippen molar-refractivity contribution in [1.29, 1.82) is 0 Å². The molecule has 0 aliphatic carbocycles. The maximum Gasteiger partial charge on any atom is 0.318 e. The van der Waals surface area contributed by atoms with Gasteiger partial charge < -0.3 is 20.1 Å². The Balaban J connectivity index is 2.94. The number of carbonyl (C=O) groups is 2. The number of carboxylic acids is 2. The molecule has 0 bridgehead atoms. The first-order valence-electron chi connectivity index (χ1n) is 4.77. The minimum atomic E-state index is -1.51. The first-order valence-corrected chi connectivity index (χ1v) is 4.77. The fourth-order valence-electron chi connectivity index (χ4n) is 1.36. The van der Waals surface area contributed by atoms with E-state index in [1.165, 1.54) is 25.3 Å². The summed E-state index contributed by atoms with van der Waals surface area (Å²) in [6, 6.07) is 4.19. The summed E-state index contributed by atoms with van der Waals surface area (Å²) in [5, 5.41) is 26.8. The number of methoxy groups -OCH3 is 1. The molecular formula is C11H12O6. The highest BCUT2D eigenvalue weighted by atomic mass is 16.5. The third-order valence-electron chi connectivity index (χ3n) is 2.28. The van der Waals surface area contributed by atoms with Crippen molar-refractivity contribution in [3.63, 3.8) is 0 Å². The van der Waals surface area contributed by atoms with Gasteiger partial charge >= 0.3 is 11.9 Å². The summed E-state index contributed by atoms with van der Waals surface area (Å²) in [6.07, 6.45) is -0.165. The molecule has 6 heteroatoms. The molecule has 0 atom stereocenters. The molecular weight excluding hydrogens is 228 g/mol. The molecule has 0 heterocycles. The molecule has 3 N–H and O–H groups in total. The summed E-state index contributed by atoms with van der Waals surface area (Å²) in [4.78, 5) is 21.4. The van der Waals surface area contributed by atoms with Crippen LogP contribution in [0.25, 0.3) is 0 Å². The van der Waals surface area contributed by atoms with Gasteiger partial charge in [0, 0.05) is 0 Å². The average molecular weight is 240 g/mol. The molecule has 0 unspecified atom stereocenters. The van der Waals surface area contributed by atoms with Crippen molar-refractivity contribution in [2.24, 2.45) is 5.92 Å². The predicted molar refractivity (Wildman–Crippen MR) is 57.1 cm³/mol. The Labute approximate surface area is 97.1 Å². The Kier molecular flexibility index (Phi) is 3.92. The number of carboxylic acid groups (broad SMARTS) is 2. The third-order valence-corrected chi connectivity index (χ3v) is 2.28. The standard InChI is InChI=1S/C11H12O6/c1-17-9-5-6(2-3-8(9)12)4-7(10(13)14)11(15)16/h2-3,5,7,12H,4H2,1H3,(H,13,14)(H,15,16). The van der Waals surface area contributed by atoms with Crippen molar-refractivity contribution in [2.45, 2.75) is 6.42 Å². The number of hydrogen-bond donors (Lipinski definition) is 3. The molecule has 1 rings (SSSR count). The lowest BCUT2D eigenvalue weighted by atomic mass is 9.99. The van der Waals surface area contributed by atoms with E-state index in [2.05, 4.69) is 0 Å². The number of benzene rings is 1. The SMILES string of the molecule is COc1cc(CC(C(=O)O)C(=O)O)ccc1O. The Morgan fingerprint density at radius 1 is 1.29 bits per heavy atom. The van der Waals surface area contributed by atoms with E-state index < -0.39 is 17.9 Å². The largest absolute Gasteiger partial charge is 0.504 e. The normalized spacial score (nSPS) is 10.2. The summed E-state index contributed by atoms with van der Waals surface area (Å²) in [5.41, 5.74) is 0.467. The van der Waals surface area contributed by atoms with E-state index in [1.807, 2.05) is 0 Å². The van der Waals surface area contributed by atoms with Gasteiger partial charge in [0.05, 0.1) is 7.11 Å². The molecule has 0 fully saturated rings. The van der Waals surface area contributed by atoms with Crippen LogP contribution in [0.4, 0.5) is 0 Å². The van der Waals surface area contributed by atoms with Gasteiger partial charge in [0.1, 0.15) is 0 Å². The maximum absolute atomic E-state index is 10.7. The van der Waals surface area contributed by atoms with Gasteiger partial charge in [-0.15, -0.1) is 0 Å². The van der Waals surface area contributed by atoms with Gasteiger partial charge in [0.15, 0.2) is 17.4 Å². The smallest absolute Gasteiger partial charge is 0.318 e. The topological polar surface area (TPSA) is 104 Å². The molecule has 92 valence electrons. The van der Waals surface area contributed by atoms with Gasteiger partial charge in [0.2, 0.25) is 0 Å². The number of aromatic hydroxyl groups is 1. The van der Waals surface area contributed by atoms with Crippen molar-refractivity contribution in [1.82, 2.24) is 0 Å². The van der Waals surface area contributed by atoms with Crippen LogP contribution in [0.2, 0.25) is 0 Å². The van der Waals surface area contributed by atoms with Crippen LogP contribution in [-0.4, -0.2) is 34.4 Å². The highest BCUT2D eigenvalue weighted by molar-refractivity contribution is 5.93. The van der Waals surface area contributed by atoms with Crippen LogP contribution in [0.5, 0.6) is 11.5 Å². The van der Waals surface area contributed by atoms with E-state index in [0.29, 0.717) is 5.56 Å². The molecule has 0 saturated carbocycles. The van der Waals surface area contributed by atoms with E-state index >= 15 is 0 Å². The van der Waals surface area contributed by atoms with Crippen molar-refractivity contribution >= 4 is 11.9 Å². The predicted octanol–water partition coefficient (Wildman–Crippen LogP) is 0.729. The maximum atomic E-state index is 10.7. The van der Waals surface area contributed by atoms with Crippen LogP contribution in [0.3, 0.4) is 0 Å². The Bertz CT molecular complexity index is 426. The molecule has 0 radical (unpaired) electrons. The molecule has 1 aromatic carbocycles. The van der Waals surface area contributed by atoms with E-state index in [1.54, 1.807) is 0 Å². The number of ether oxygens (including phenoxy) is 1. The summed E-state index contributed by atoms with van der Waals surface area (Å²) < 4.78 is 4.84. The zero-order chi connectivity index (χ0) is 13.0. The highest BCUT2D eigenvalue weighted by Gasteiger charge is 2.26. The second kappa shape index (κ2) is 5.20. The number of phenols is 1. The lowest BCUT2D eigenvalue weighted by molar-refractivity contribution is -0.154. The molecule has 0 aliphatic heterocycles. The first kappa shape index (κ1) is 12.8. The van der Waals surface area contributed by atoms with Crippen LogP contribution >= 0.6 is 0 Å². The van der Waals surface area contributed by atoms with E-state index in [-0.39, 0.29) is 17.9 Å². The quantitative estimate of drug-likeness (QED) is 0.655. The van der Waals surface area contributed by atoms with Gasteiger partial charge in [-0.3, -0.25) is 9.59 Å². The number of rotatable bonds is 5. The van der Waals surface area contributed by atoms with Crippen molar-refractivity contribution < 1.29 is 29.6 Å². The van der Waals surface area contributed by atoms with E-state index in [9.17, 15) is 14.7 Å². The molecule has 0 aliphatic rings. The Morgan fingerprint density at radius 2 is 1.88 bits per heavy atom. The van der Waals surface area contributed by atoms with Crippen molar-refractivity contribution in [2.75, 3.05) is 7.11 Å².